The van der Waals surface area contributed by atoms with Crippen LogP contribution < -0.4 is 10.5 Å². The topological polar surface area (TPSA) is 82.3 Å². The van der Waals surface area contributed by atoms with Crippen LogP contribution in [-0.4, -0.2) is 20.5 Å². The second-order valence-electron chi connectivity index (χ2n) is 3.58. The smallest absolute Gasteiger partial charge is 0.215 e. The predicted molar refractivity (Wildman–Crippen MR) is 67.1 cm³/mol. The van der Waals surface area contributed by atoms with E-state index >= 15 is 0 Å². The van der Waals surface area contributed by atoms with Gasteiger partial charge in [-0.15, -0.1) is 0 Å². The largest absolute Gasteiger partial charge is 0.481 e. The van der Waals surface area contributed by atoms with E-state index in [2.05, 4.69) is 4.98 Å². The third-order valence-electron chi connectivity index (χ3n) is 2.42. The van der Waals surface area contributed by atoms with Gasteiger partial charge in [-0.3, -0.25) is 0 Å². The summed E-state index contributed by atoms with van der Waals surface area (Å²) in [5.74, 6) is 0.277. The van der Waals surface area contributed by atoms with Crippen LogP contribution in [0.2, 0.25) is 0 Å². The van der Waals surface area contributed by atoms with Crippen molar-refractivity contribution < 1.29 is 13.2 Å². The predicted octanol–water partition coefficient (Wildman–Crippen LogP) is 1.51. The molecule has 1 aromatic heterocycles. The minimum absolute atomic E-state index is 0.0190. The number of hydrogen-bond donors (Lipinski definition) is 1. The molecular weight excluding hydrogens is 252 g/mol. The third-order valence-corrected chi connectivity index (χ3v) is 4.24. The standard InChI is InChI=1S/C12H12N2O3S/c1-17-12-7-10(13)11(8-14-12)18(15,16)9-5-3-2-4-6-9/h2-8H,1H3,(H2,13,14). The molecule has 94 valence electrons. The summed E-state index contributed by atoms with van der Waals surface area (Å²) in [6.07, 6.45) is 1.20. The summed E-state index contributed by atoms with van der Waals surface area (Å²) in [5.41, 5.74) is 5.84. The molecule has 18 heavy (non-hydrogen) atoms. The Morgan fingerprint density at radius 1 is 1.22 bits per heavy atom. The third kappa shape index (κ3) is 2.14. The highest BCUT2D eigenvalue weighted by Crippen LogP contribution is 2.26. The van der Waals surface area contributed by atoms with Crippen molar-refractivity contribution >= 4 is 15.5 Å². The molecule has 0 aliphatic heterocycles. The molecule has 1 aromatic carbocycles. The summed E-state index contributed by atoms with van der Waals surface area (Å²) in [7, 11) is -2.20. The normalized spacial score (nSPS) is 11.2. The summed E-state index contributed by atoms with van der Waals surface area (Å²) >= 11 is 0. The Kier molecular flexibility index (Phi) is 3.20. The van der Waals surface area contributed by atoms with Crippen molar-refractivity contribution in [3.63, 3.8) is 0 Å². The lowest BCUT2D eigenvalue weighted by Crippen LogP contribution is -2.06. The number of pyridine rings is 1. The Balaban J connectivity index is 2.55. The fourth-order valence-corrected chi connectivity index (χ4v) is 2.83. The van der Waals surface area contributed by atoms with Gasteiger partial charge >= 0.3 is 0 Å². The highest BCUT2D eigenvalue weighted by molar-refractivity contribution is 7.91. The van der Waals surface area contributed by atoms with Gasteiger partial charge in [-0.05, 0) is 12.1 Å². The number of nitrogen functional groups attached to an aromatic ring is 1. The summed E-state index contributed by atoms with van der Waals surface area (Å²) in [4.78, 5) is 4.03. The number of anilines is 1. The van der Waals surface area contributed by atoms with Crippen molar-refractivity contribution in [3.05, 3.63) is 42.6 Å². The first-order valence-corrected chi connectivity index (χ1v) is 6.63. The number of sulfone groups is 1. The van der Waals surface area contributed by atoms with E-state index in [0.717, 1.165) is 0 Å². The highest BCUT2D eigenvalue weighted by atomic mass is 32.2. The summed E-state index contributed by atoms with van der Waals surface area (Å²) in [6.45, 7) is 0. The lowest BCUT2D eigenvalue weighted by atomic mass is 10.4. The van der Waals surface area contributed by atoms with Gasteiger partial charge in [0.2, 0.25) is 15.7 Å². The van der Waals surface area contributed by atoms with E-state index in [-0.39, 0.29) is 21.4 Å². The van der Waals surface area contributed by atoms with E-state index in [4.69, 9.17) is 10.5 Å². The van der Waals surface area contributed by atoms with Crippen LogP contribution in [0.3, 0.4) is 0 Å². The molecule has 0 atom stereocenters. The molecule has 0 saturated carbocycles. The molecule has 0 bridgehead atoms. The van der Waals surface area contributed by atoms with Gasteiger partial charge in [0.05, 0.1) is 23.9 Å². The molecule has 0 fully saturated rings. The van der Waals surface area contributed by atoms with Crippen LogP contribution >= 0.6 is 0 Å². The first-order chi connectivity index (χ1) is 8.55. The number of hydrogen-bond acceptors (Lipinski definition) is 5. The molecular formula is C12H12N2O3S. The minimum atomic E-state index is -3.64. The van der Waals surface area contributed by atoms with Crippen LogP contribution in [0.4, 0.5) is 5.69 Å². The average molecular weight is 264 g/mol. The maximum absolute atomic E-state index is 12.3. The summed E-state index contributed by atoms with van der Waals surface area (Å²) in [6, 6.07) is 9.46. The second kappa shape index (κ2) is 4.66. The number of nitrogens with two attached hydrogens (primary N) is 1. The van der Waals surface area contributed by atoms with Gasteiger partial charge in [-0.25, -0.2) is 13.4 Å². The van der Waals surface area contributed by atoms with Crippen molar-refractivity contribution in [2.24, 2.45) is 0 Å². The van der Waals surface area contributed by atoms with Crippen LogP contribution in [0.25, 0.3) is 0 Å². The SMILES string of the molecule is COc1cc(N)c(S(=O)(=O)c2ccccc2)cn1. The van der Waals surface area contributed by atoms with E-state index < -0.39 is 9.84 Å². The number of ether oxygens (including phenoxy) is 1. The molecule has 6 heteroatoms. The summed E-state index contributed by atoms with van der Waals surface area (Å²) in [5, 5.41) is 0. The fourth-order valence-electron chi connectivity index (χ4n) is 1.50. The van der Waals surface area contributed by atoms with Gasteiger partial charge in [0, 0.05) is 6.07 Å². The molecule has 5 nitrogen and oxygen atoms in total. The van der Waals surface area contributed by atoms with Crippen LogP contribution in [-0.2, 0) is 9.84 Å². The van der Waals surface area contributed by atoms with Crippen molar-refractivity contribution in [2.75, 3.05) is 12.8 Å². The monoisotopic (exact) mass is 264 g/mol. The molecule has 2 N–H and O–H groups in total. The van der Waals surface area contributed by atoms with Crippen LogP contribution in [0.5, 0.6) is 5.88 Å². The first kappa shape index (κ1) is 12.4. The van der Waals surface area contributed by atoms with Crippen molar-refractivity contribution in [1.82, 2.24) is 4.98 Å². The average Bonchev–Trinajstić information content (AvgIpc) is 2.39. The second-order valence-corrected chi connectivity index (χ2v) is 5.50. The number of aromatic nitrogens is 1. The molecule has 1 heterocycles. The molecule has 2 aromatic rings. The number of nitrogens with zero attached hydrogens (tertiary/aromatic N) is 1. The van der Waals surface area contributed by atoms with Gasteiger partial charge in [-0.1, -0.05) is 18.2 Å². The zero-order chi connectivity index (χ0) is 13.2. The molecule has 0 radical (unpaired) electrons. The number of rotatable bonds is 3. The zero-order valence-electron chi connectivity index (χ0n) is 9.70. The maximum atomic E-state index is 12.3. The lowest BCUT2D eigenvalue weighted by molar-refractivity contribution is 0.397. The quantitative estimate of drug-likeness (QED) is 0.908. The van der Waals surface area contributed by atoms with Crippen molar-refractivity contribution in [2.45, 2.75) is 9.79 Å². The zero-order valence-corrected chi connectivity index (χ0v) is 10.5. The minimum Gasteiger partial charge on any atom is -0.481 e. The Hall–Kier alpha value is -2.08. The van der Waals surface area contributed by atoms with E-state index in [0.29, 0.717) is 0 Å². The fraction of sp³-hybridized carbons (Fsp3) is 0.0833. The number of benzene rings is 1. The Morgan fingerprint density at radius 2 is 1.89 bits per heavy atom. The summed E-state index contributed by atoms with van der Waals surface area (Å²) < 4.78 is 29.5. The van der Waals surface area contributed by atoms with Crippen LogP contribution in [0, 0.1) is 0 Å². The van der Waals surface area contributed by atoms with Gasteiger partial charge in [0.15, 0.2) is 0 Å². The molecule has 0 saturated heterocycles. The van der Waals surface area contributed by atoms with Crippen molar-refractivity contribution in [3.8, 4) is 5.88 Å². The van der Waals surface area contributed by atoms with E-state index in [1.54, 1.807) is 18.2 Å². The van der Waals surface area contributed by atoms with E-state index in [1.807, 2.05) is 0 Å². The van der Waals surface area contributed by atoms with Gasteiger partial charge in [-0.2, -0.15) is 0 Å². The Morgan fingerprint density at radius 3 is 2.44 bits per heavy atom. The molecule has 0 amide bonds. The van der Waals surface area contributed by atoms with Gasteiger partial charge < -0.3 is 10.5 Å². The highest BCUT2D eigenvalue weighted by Gasteiger charge is 2.21. The van der Waals surface area contributed by atoms with E-state index in [9.17, 15) is 8.42 Å². The maximum Gasteiger partial charge on any atom is 0.215 e. The number of methoxy groups -OCH3 is 1. The first-order valence-electron chi connectivity index (χ1n) is 5.15. The Bertz CT molecular complexity index is 654. The molecule has 0 aliphatic rings. The molecule has 0 aliphatic carbocycles. The van der Waals surface area contributed by atoms with E-state index in [1.165, 1.54) is 31.5 Å². The molecule has 2 rings (SSSR count). The van der Waals surface area contributed by atoms with Crippen molar-refractivity contribution in [1.29, 1.82) is 0 Å². The van der Waals surface area contributed by atoms with Crippen LogP contribution in [0.15, 0.2) is 52.4 Å². The van der Waals surface area contributed by atoms with Gasteiger partial charge in [0.1, 0.15) is 4.90 Å². The Labute approximate surface area is 105 Å². The van der Waals surface area contributed by atoms with Gasteiger partial charge in [0.25, 0.3) is 0 Å². The van der Waals surface area contributed by atoms with Crippen LogP contribution in [0.1, 0.15) is 0 Å². The lowest BCUT2D eigenvalue weighted by Gasteiger charge is -2.08. The molecule has 0 spiro atoms. The molecule has 0 unspecified atom stereocenters.